The van der Waals surface area contributed by atoms with E-state index in [-0.39, 0.29) is 0 Å². The zero-order chi connectivity index (χ0) is 35.1. The van der Waals surface area contributed by atoms with Gasteiger partial charge in [0.15, 0.2) is 0 Å². The van der Waals surface area contributed by atoms with Crippen LogP contribution in [0.3, 0.4) is 0 Å². The van der Waals surface area contributed by atoms with Gasteiger partial charge in [-0.25, -0.2) is 0 Å². The molecular formula is C47H88O2. The highest BCUT2D eigenvalue weighted by Crippen LogP contribution is 2.30. The molecule has 0 saturated heterocycles. The maximum absolute atomic E-state index is 6.31. The number of ether oxygens (including phenoxy) is 2. The van der Waals surface area contributed by atoms with Crippen molar-refractivity contribution in [3.05, 3.63) is 23.8 Å². The lowest BCUT2D eigenvalue weighted by atomic mass is 10.0. The van der Waals surface area contributed by atoms with Crippen LogP contribution in [0, 0.1) is 0 Å². The van der Waals surface area contributed by atoms with Crippen molar-refractivity contribution < 1.29 is 9.47 Å². The summed E-state index contributed by atoms with van der Waals surface area (Å²) in [6.45, 7) is 8.53. The van der Waals surface area contributed by atoms with E-state index in [2.05, 4.69) is 39.0 Å². The zero-order valence-corrected chi connectivity index (χ0v) is 33.9. The minimum absolute atomic E-state index is 0.831. The molecule has 0 spiro atoms. The van der Waals surface area contributed by atoms with Crippen LogP contribution in [0.5, 0.6) is 11.5 Å². The number of unbranched alkanes of at least 4 members (excludes halogenated alkanes) is 32. The monoisotopic (exact) mass is 685 g/mol. The third kappa shape index (κ3) is 30.2. The molecule has 0 bridgehead atoms. The Morgan fingerprint density at radius 2 is 0.551 bits per heavy atom. The topological polar surface area (TPSA) is 18.5 Å². The van der Waals surface area contributed by atoms with Crippen LogP contribution in [0.15, 0.2) is 18.2 Å². The highest BCUT2D eigenvalue weighted by atomic mass is 16.5. The number of benzene rings is 1. The van der Waals surface area contributed by atoms with Crippen LogP contribution in [-0.4, -0.2) is 13.2 Å². The number of hydrogen-bond acceptors (Lipinski definition) is 2. The first kappa shape index (κ1) is 45.8. The second-order valence-electron chi connectivity index (χ2n) is 15.5. The van der Waals surface area contributed by atoms with Crippen molar-refractivity contribution in [3.8, 4) is 11.5 Å². The maximum Gasteiger partial charge on any atom is 0.126 e. The van der Waals surface area contributed by atoms with Gasteiger partial charge in [0.2, 0.25) is 0 Å². The normalized spacial score (nSPS) is 11.4. The van der Waals surface area contributed by atoms with Crippen LogP contribution in [0.1, 0.15) is 251 Å². The van der Waals surface area contributed by atoms with E-state index in [1.54, 1.807) is 0 Å². The third-order valence-corrected chi connectivity index (χ3v) is 10.6. The van der Waals surface area contributed by atoms with E-state index in [0.29, 0.717) is 0 Å². The Morgan fingerprint density at radius 1 is 0.306 bits per heavy atom. The van der Waals surface area contributed by atoms with Gasteiger partial charge < -0.3 is 9.47 Å². The largest absolute Gasteiger partial charge is 0.493 e. The average Bonchev–Trinajstić information content (AvgIpc) is 3.11. The van der Waals surface area contributed by atoms with Crippen LogP contribution in [0.4, 0.5) is 0 Å². The summed E-state index contributed by atoms with van der Waals surface area (Å²) in [4.78, 5) is 0. The van der Waals surface area contributed by atoms with Crippen LogP contribution < -0.4 is 9.47 Å². The van der Waals surface area contributed by atoms with Gasteiger partial charge in [-0.15, -0.1) is 0 Å². The number of hydrogen-bond donors (Lipinski definition) is 0. The van der Waals surface area contributed by atoms with E-state index in [1.807, 2.05) is 0 Å². The lowest BCUT2D eigenvalue weighted by Gasteiger charge is -2.16. The second-order valence-corrected chi connectivity index (χ2v) is 15.5. The van der Waals surface area contributed by atoms with Crippen molar-refractivity contribution in [3.63, 3.8) is 0 Å². The molecule has 2 heteroatoms. The summed E-state index contributed by atoms with van der Waals surface area (Å²) in [7, 11) is 0. The first-order valence-corrected chi connectivity index (χ1v) is 22.7. The molecule has 0 aliphatic carbocycles. The van der Waals surface area contributed by atoms with Crippen molar-refractivity contribution in [2.45, 2.75) is 252 Å². The molecule has 0 amide bonds. The highest BCUT2D eigenvalue weighted by Gasteiger charge is 2.10. The molecule has 0 aromatic heterocycles. The van der Waals surface area contributed by atoms with Gasteiger partial charge in [0.05, 0.1) is 13.2 Å². The molecule has 288 valence electrons. The Kier molecular flexibility index (Phi) is 35.6. The summed E-state index contributed by atoms with van der Waals surface area (Å²) in [6, 6.07) is 6.43. The second kappa shape index (κ2) is 38.1. The van der Waals surface area contributed by atoms with Gasteiger partial charge in [-0.2, -0.15) is 0 Å². The highest BCUT2D eigenvalue weighted by molar-refractivity contribution is 5.45. The first-order valence-electron chi connectivity index (χ1n) is 22.7. The quantitative estimate of drug-likeness (QED) is 0.0641. The third-order valence-electron chi connectivity index (χ3n) is 10.6. The standard InChI is InChI=1S/C47H88O2/c1-4-7-9-11-13-15-17-19-21-23-25-27-29-31-33-35-37-43-48-46-41-39-42-47(45(46)40-6-3)49-44-38-36-34-32-30-28-26-24-22-20-18-16-14-12-10-8-5-2/h39,41-42H,4-38,40,43-44H2,1-3H3. The van der Waals surface area contributed by atoms with E-state index in [1.165, 1.54) is 211 Å². The van der Waals surface area contributed by atoms with Gasteiger partial charge in [0.1, 0.15) is 11.5 Å². The fraction of sp³-hybridized carbons (Fsp3) is 0.872. The molecule has 0 aliphatic heterocycles. The molecule has 1 rings (SSSR count). The van der Waals surface area contributed by atoms with Gasteiger partial charge in [-0.3, -0.25) is 0 Å². The van der Waals surface area contributed by atoms with Crippen molar-refractivity contribution in [1.82, 2.24) is 0 Å². The van der Waals surface area contributed by atoms with E-state index >= 15 is 0 Å². The molecule has 0 saturated carbocycles. The molecule has 0 fully saturated rings. The molecular weight excluding hydrogens is 597 g/mol. The SMILES string of the molecule is CCCCCCCCCCCCCCCCCCCOc1cccc(OCCCCCCCCCCCCCCCCCCC)c1CCC. The lowest BCUT2D eigenvalue weighted by molar-refractivity contribution is 0.284. The van der Waals surface area contributed by atoms with Gasteiger partial charge in [-0.1, -0.05) is 239 Å². The fourth-order valence-corrected chi connectivity index (χ4v) is 7.33. The summed E-state index contributed by atoms with van der Waals surface area (Å²) < 4.78 is 12.6. The molecule has 0 heterocycles. The summed E-state index contributed by atoms with van der Waals surface area (Å²) >= 11 is 0. The minimum Gasteiger partial charge on any atom is -0.493 e. The lowest BCUT2D eigenvalue weighted by Crippen LogP contribution is -2.04. The number of rotatable bonds is 40. The molecule has 0 N–H and O–H groups in total. The molecule has 2 nitrogen and oxygen atoms in total. The van der Waals surface area contributed by atoms with Crippen molar-refractivity contribution in [2.75, 3.05) is 13.2 Å². The Hall–Kier alpha value is -1.18. The van der Waals surface area contributed by atoms with Crippen molar-refractivity contribution in [2.24, 2.45) is 0 Å². The first-order chi connectivity index (χ1) is 24.3. The molecule has 1 aromatic carbocycles. The van der Waals surface area contributed by atoms with E-state index in [9.17, 15) is 0 Å². The Morgan fingerprint density at radius 3 is 0.796 bits per heavy atom. The Balaban J connectivity index is 1.99. The minimum atomic E-state index is 0.831. The van der Waals surface area contributed by atoms with E-state index in [0.717, 1.165) is 50.4 Å². The summed E-state index contributed by atoms with van der Waals surface area (Å²) in [5.74, 6) is 2.11. The van der Waals surface area contributed by atoms with Crippen molar-refractivity contribution >= 4 is 0 Å². The van der Waals surface area contributed by atoms with Crippen LogP contribution in [0.25, 0.3) is 0 Å². The summed E-state index contributed by atoms with van der Waals surface area (Å²) in [6.07, 6.45) is 50.0. The van der Waals surface area contributed by atoms with Gasteiger partial charge in [0.25, 0.3) is 0 Å². The van der Waals surface area contributed by atoms with Crippen LogP contribution in [0.2, 0.25) is 0 Å². The molecule has 0 aliphatic rings. The fourth-order valence-electron chi connectivity index (χ4n) is 7.33. The molecule has 1 aromatic rings. The summed E-state index contributed by atoms with van der Waals surface area (Å²) in [5.41, 5.74) is 1.28. The van der Waals surface area contributed by atoms with Gasteiger partial charge in [-0.05, 0) is 31.4 Å². The van der Waals surface area contributed by atoms with Crippen LogP contribution in [-0.2, 0) is 6.42 Å². The van der Waals surface area contributed by atoms with Crippen molar-refractivity contribution in [1.29, 1.82) is 0 Å². The van der Waals surface area contributed by atoms with Gasteiger partial charge in [0, 0.05) is 5.56 Å². The predicted molar refractivity (Wildman–Crippen MR) is 220 cm³/mol. The molecule has 0 atom stereocenters. The Labute approximate surface area is 309 Å². The predicted octanol–water partition coefficient (Wildman–Crippen LogP) is 16.7. The molecule has 49 heavy (non-hydrogen) atoms. The van der Waals surface area contributed by atoms with E-state index < -0.39 is 0 Å². The smallest absolute Gasteiger partial charge is 0.126 e. The van der Waals surface area contributed by atoms with E-state index in [4.69, 9.17) is 9.47 Å². The maximum atomic E-state index is 6.31. The van der Waals surface area contributed by atoms with Crippen LogP contribution >= 0.6 is 0 Å². The zero-order valence-electron chi connectivity index (χ0n) is 33.9. The molecule has 0 radical (unpaired) electrons. The average molecular weight is 685 g/mol. The molecule has 0 unspecified atom stereocenters. The van der Waals surface area contributed by atoms with Gasteiger partial charge >= 0.3 is 0 Å². The Bertz CT molecular complexity index is 715. The summed E-state index contributed by atoms with van der Waals surface area (Å²) in [5, 5.41) is 0.